The van der Waals surface area contributed by atoms with Crippen molar-refractivity contribution in [2.45, 2.75) is 53.9 Å². The van der Waals surface area contributed by atoms with E-state index in [0.29, 0.717) is 36.5 Å². The summed E-state index contributed by atoms with van der Waals surface area (Å²) in [6, 6.07) is 7.80. The van der Waals surface area contributed by atoms with Gasteiger partial charge in [-0.05, 0) is 42.6 Å². The predicted octanol–water partition coefficient (Wildman–Crippen LogP) is 6.40. The van der Waals surface area contributed by atoms with Crippen molar-refractivity contribution in [3.05, 3.63) is 41.2 Å². The minimum absolute atomic E-state index is 0.0328. The van der Waals surface area contributed by atoms with Crippen LogP contribution in [0.5, 0.6) is 0 Å². The molecule has 1 unspecified atom stereocenters. The number of rotatable bonds is 8. The number of allylic oxidation sites excluding steroid dienone is 2. The van der Waals surface area contributed by atoms with E-state index in [1.165, 1.54) is 11.4 Å². The second-order valence-corrected chi connectivity index (χ2v) is 11.5. The van der Waals surface area contributed by atoms with Crippen molar-refractivity contribution in [2.24, 2.45) is 5.41 Å². The van der Waals surface area contributed by atoms with Crippen LogP contribution in [0.2, 0.25) is 0 Å². The van der Waals surface area contributed by atoms with Crippen LogP contribution < -0.4 is 0 Å². The maximum Gasteiger partial charge on any atom is 0.439 e. The zero-order chi connectivity index (χ0) is 19.4. The molecule has 1 aromatic rings. The van der Waals surface area contributed by atoms with Crippen molar-refractivity contribution >= 4 is 29.5 Å². The van der Waals surface area contributed by atoms with Gasteiger partial charge in [-0.3, -0.25) is 9.32 Å². The zero-order valence-corrected chi connectivity index (χ0v) is 18.0. The van der Waals surface area contributed by atoms with Crippen molar-refractivity contribution in [3.8, 4) is 0 Å². The van der Waals surface area contributed by atoms with E-state index in [1.807, 2.05) is 52.0 Å². The molecule has 0 saturated carbocycles. The fourth-order valence-corrected chi connectivity index (χ4v) is 6.57. The summed E-state index contributed by atoms with van der Waals surface area (Å²) in [6.45, 7) is 6.83. The Labute approximate surface area is 161 Å². The highest BCUT2D eigenvalue weighted by Gasteiger charge is 2.38. The molecule has 0 aromatic heterocycles. The van der Waals surface area contributed by atoms with Crippen molar-refractivity contribution in [1.82, 2.24) is 0 Å². The van der Waals surface area contributed by atoms with Crippen LogP contribution in [-0.2, 0) is 18.4 Å². The quantitative estimate of drug-likeness (QED) is 0.476. The average molecular weight is 396 g/mol. The second kappa shape index (κ2) is 8.77. The molecule has 0 bridgehead atoms. The summed E-state index contributed by atoms with van der Waals surface area (Å²) in [5.41, 5.74) is 2.21. The van der Waals surface area contributed by atoms with E-state index in [-0.39, 0.29) is 11.2 Å². The number of Topliss-reactive ketones (excluding diaryl/α,β-unsaturated/α-hetero) is 1. The number of ketones is 1. The first-order chi connectivity index (χ1) is 12.2. The lowest BCUT2D eigenvalue weighted by Gasteiger charge is -2.33. The number of carbonyl (C=O) groups excluding carboxylic acids is 1. The van der Waals surface area contributed by atoms with Gasteiger partial charge in [0.05, 0.1) is 12.2 Å². The van der Waals surface area contributed by atoms with Crippen LogP contribution in [0.1, 0.15) is 58.1 Å². The van der Waals surface area contributed by atoms with E-state index in [9.17, 15) is 9.36 Å². The monoisotopic (exact) mass is 396 g/mol. The van der Waals surface area contributed by atoms with E-state index in [4.69, 9.17) is 9.05 Å². The van der Waals surface area contributed by atoms with Crippen molar-refractivity contribution < 1.29 is 18.4 Å². The van der Waals surface area contributed by atoms with Crippen LogP contribution in [0, 0.1) is 12.3 Å². The van der Waals surface area contributed by atoms with Gasteiger partial charge in [-0.1, -0.05) is 50.6 Å². The number of carbonyl (C=O) groups is 1. The SMILES string of the molecule is CCCSP(=O)(OCC)OC1=C(c2cccc(C)c2)C(=O)CC(C)(C)C1. The first kappa shape index (κ1) is 21.3. The Morgan fingerprint density at radius 2 is 1.96 bits per heavy atom. The first-order valence-electron chi connectivity index (χ1n) is 9.12. The van der Waals surface area contributed by atoms with E-state index in [2.05, 4.69) is 0 Å². The van der Waals surface area contributed by atoms with Gasteiger partial charge in [-0.25, -0.2) is 4.57 Å². The molecular weight excluding hydrogens is 367 g/mol. The molecule has 144 valence electrons. The molecule has 1 aromatic carbocycles. The predicted molar refractivity (Wildman–Crippen MR) is 109 cm³/mol. The highest BCUT2D eigenvalue weighted by Crippen LogP contribution is 2.63. The minimum atomic E-state index is -3.35. The van der Waals surface area contributed by atoms with E-state index < -0.39 is 6.80 Å². The number of hydrogen-bond acceptors (Lipinski definition) is 5. The van der Waals surface area contributed by atoms with Crippen molar-refractivity contribution in [3.63, 3.8) is 0 Å². The standard InChI is InChI=1S/C20H29O4PS/c1-6-11-26-25(22,23-7-2)24-18-14-20(4,5)13-17(21)19(18)16-10-8-9-15(3)12-16/h8-10,12H,6-7,11,13-14H2,1-5H3. The molecule has 0 fully saturated rings. The summed E-state index contributed by atoms with van der Waals surface area (Å²) >= 11 is 1.21. The molecule has 2 rings (SSSR count). The van der Waals surface area contributed by atoms with Crippen LogP contribution in [0.15, 0.2) is 30.0 Å². The molecule has 0 spiro atoms. The molecule has 0 saturated heterocycles. The summed E-state index contributed by atoms with van der Waals surface area (Å²) in [5, 5.41) is 0. The molecule has 1 aliphatic carbocycles. The van der Waals surface area contributed by atoms with Gasteiger partial charge >= 0.3 is 6.80 Å². The van der Waals surface area contributed by atoms with Gasteiger partial charge in [0.25, 0.3) is 0 Å². The molecule has 0 aliphatic heterocycles. The molecule has 26 heavy (non-hydrogen) atoms. The maximum atomic E-state index is 13.2. The van der Waals surface area contributed by atoms with Crippen LogP contribution in [0.4, 0.5) is 0 Å². The first-order valence-corrected chi connectivity index (χ1v) is 12.2. The van der Waals surface area contributed by atoms with Gasteiger partial charge in [0.2, 0.25) is 0 Å². The Morgan fingerprint density at radius 1 is 1.23 bits per heavy atom. The van der Waals surface area contributed by atoms with E-state index in [0.717, 1.165) is 17.5 Å². The van der Waals surface area contributed by atoms with Gasteiger partial charge in [-0.15, -0.1) is 0 Å². The smallest absolute Gasteiger partial charge is 0.421 e. The minimum Gasteiger partial charge on any atom is -0.421 e. The number of aryl methyl sites for hydroxylation is 1. The third kappa shape index (κ3) is 5.48. The maximum absolute atomic E-state index is 13.2. The third-order valence-corrected chi connectivity index (χ3v) is 8.07. The highest BCUT2D eigenvalue weighted by molar-refractivity contribution is 8.55. The van der Waals surface area contributed by atoms with Crippen molar-refractivity contribution in [2.75, 3.05) is 12.4 Å². The molecule has 1 atom stereocenters. The molecule has 0 heterocycles. The Kier molecular flexibility index (Phi) is 7.18. The summed E-state index contributed by atoms with van der Waals surface area (Å²) in [7, 11) is 0. The molecule has 4 nitrogen and oxygen atoms in total. The van der Waals surface area contributed by atoms with Crippen LogP contribution >= 0.6 is 18.2 Å². The lowest BCUT2D eigenvalue weighted by Crippen LogP contribution is -2.26. The molecular formula is C20H29O4PS. The van der Waals surface area contributed by atoms with Crippen LogP contribution in [0.25, 0.3) is 5.57 Å². The molecule has 6 heteroatoms. The molecule has 0 radical (unpaired) electrons. The normalized spacial score (nSPS) is 19.3. The van der Waals surface area contributed by atoms with E-state index in [1.54, 1.807) is 6.92 Å². The Bertz CT molecular complexity index is 739. The van der Waals surface area contributed by atoms with E-state index >= 15 is 0 Å². The Hall–Kier alpha value is -1.03. The van der Waals surface area contributed by atoms with Gasteiger partial charge in [0.15, 0.2) is 5.78 Å². The van der Waals surface area contributed by atoms with Crippen molar-refractivity contribution in [1.29, 1.82) is 0 Å². The third-order valence-electron chi connectivity index (χ3n) is 4.11. The average Bonchev–Trinajstić information content (AvgIpc) is 2.51. The zero-order valence-electron chi connectivity index (χ0n) is 16.3. The topological polar surface area (TPSA) is 52.6 Å². The van der Waals surface area contributed by atoms with Crippen LogP contribution in [0.3, 0.4) is 0 Å². The summed E-state index contributed by atoms with van der Waals surface area (Å²) in [4.78, 5) is 12.9. The fourth-order valence-electron chi connectivity index (χ4n) is 3.05. The fraction of sp³-hybridized carbons (Fsp3) is 0.550. The number of benzene rings is 1. The van der Waals surface area contributed by atoms with Gasteiger partial charge in [-0.2, -0.15) is 0 Å². The highest BCUT2D eigenvalue weighted by atomic mass is 32.7. The molecule has 0 N–H and O–H groups in total. The summed E-state index contributed by atoms with van der Waals surface area (Å²) in [5.74, 6) is 1.21. The van der Waals surface area contributed by atoms with Gasteiger partial charge in [0, 0.05) is 18.6 Å². The lowest BCUT2D eigenvalue weighted by molar-refractivity contribution is -0.116. The lowest BCUT2D eigenvalue weighted by atomic mass is 9.75. The summed E-state index contributed by atoms with van der Waals surface area (Å²) in [6.07, 6.45) is 1.88. The number of hydrogen-bond donors (Lipinski definition) is 0. The molecule has 1 aliphatic rings. The summed E-state index contributed by atoms with van der Waals surface area (Å²) < 4.78 is 24.7. The van der Waals surface area contributed by atoms with Gasteiger partial charge in [0.1, 0.15) is 5.76 Å². The molecule has 0 amide bonds. The largest absolute Gasteiger partial charge is 0.439 e. The van der Waals surface area contributed by atoms with Crippen LogP contribution in [-0.4, -0.2) is 18.1 Å². The second-order valence-electron chi connectivity index (χ2n) is 7.40. The Morgan fingerprint density at radius 3 is 2.58 bits per heavy atom. The van der Waals surface area contributed by atoms with Gasteiger partial charge < -0.3 is 4.52 Å². The Balaban J connectivity index is 2.50.